The number of nitrogens with one attached hydrogen (secondary N) is 2. The minimum absolute atomic E-state index is 0.0381. The second-order valence-electron chi connectivity index (χ2n) is 5.96. The van der Waals surface area contributed by atoms with Gasteiger partial charge in [0.1, 0.15) is 0 Å². The second kappa shape index (κ2) is 8.22. The van der Waals surface area contributed by atoms with Crippen molar-refractivity contribution in [1.29, 1.82) is 0 Å². The summed E-state index contributed by atoms with van der Waals surface area (Å²) >= 11 is 0. The Morgan fingerprint density at radius 1 is 1.20 bits per heavy atom. The molecule has 1 aromatic carbocycles. The van der Waals surface area contributed by atoms with Gasteiger partial charge >= 0.3 is 0 Å². The maximum absolute atomic E-state index is 12.3. The molecule has 1 aromatic heterocycles. The Morgan fingerprint density at radius 2 is 1.96 bits per heavy atom. The number of pyridine rings is 1. The number of hydrogen-bond donors (Lipinski definition) is 2. The van der Waals surface area contributed by atoms with Crippen LogP contribution in [0.2, 0.25) is 0 Å². The first kappa shape index (κ1) is 19.1. The highest BCUT2D eigenvalue weighted by Gasteiger charge is 2.17. The molecule has 1 atom stereocenters. The predicted molar refractivity (Wildman–Crippen MR) is 96.5 cm³/mol. The third-order valence-corrected chi connectivity index (χ3v) is 5.39. The average molecular weight is 361 g/mol. The highest BCUT2D eigenvalue weighted by Crippen LogP contribution is 2.16. The Labute approximate surface area is 148 Å². The lowest BCUT2D eigenvalue weighted by Gasteiger charge is -2.14. The molecule has 7 heteroatoms. The van der Waals surface area contributed by atoms with Crippen LogP contribution in [0.25, 0.3) is 0 Å². The summed E-state index contributed by atoms with van der Waals surface area (Å²) in [5.74, 6) is -0.235. The van der Waals surface area contributed by atoms with Crippen molar-refractivity contribution in [2.24, 2.45) is 0 Å². The van der Waals surface area contributed by atoms with Crippen LogP contribution >= 0.6 is 0 Å². The first-order valence-electron chi connectivity index (χ1n) is 8.07. The summed E-state index contributed by atoms with van der Waals surface area (Å²) in [6.07, 6.45) is 1.72. The molecule has 2 aromatic rings. The summed E-state index contributed by atoms with van der Waals surface area (Å²) in [5, 5.41) is 2.80. The molecule has 0 spiro atoms. The number of benzene rings is 1. The van der Waals surface area contributed by atoms with E-state index in [1.807, 2.05) is 32.0 Å². The number of sulfonamides is 1. The van der Waals surface area contributed by atoms with Crippen LogP contribution in [-0.2, 0) is 14.8 Å². The van der Waals surface area contributed by atoms with Gasteiger partial charge in [0.05, 0.1) is 16.6 Å². The topological polar surface area (TPSA) is 88.2 Å². The third kappa shape index (κ3) is 5.37. The van der Waals surface area contributed by atoms with Crippen LogP contribution in [0.1, 0.15) is 36.2 Å². The van der Waals surface area contributed by atoms with E-state index in [4.69, 9.17) is 0 Å². The van der Waals surface area contributed by atoms with Gasteiger partial charge in [-0.15, -0.1) is 0 Å². The van der Waals surface area contributed by atoms with Crippen molar-refractivity contribution >= 4 is 15.9 Å². The van der Waals surface area contributed by atoms with Gasteiger partial charge in [0.15, 0.2) is 0 Å². The van der Waals surface area contributed by atoms with E-state index < -0.39 is 10.0 Å². The lowest BCUT2D eigenvalue weighted by Crippen LogP contribution is -2.32. The molecule has 0 aliphatic rings. The molecular formula is C18H23N3O3S. The zero-order valence-electron chi connectivity index (χ0n) is 14.6. The van der Waals surface area contributed by atoms with E-state index in [1.54, 1.807) is 31.3 Å². The van der Waals surface area contributed by atoms with Crippen LogP contribution in [-0.4, -0.2) is 25.9 Å². The maximum atomic E-state index is 12.3. The van der Waals surface area contributed by atoms with Crippen molar-refractivity contribution in [2.45, 2.75) is 38.1 Å². The summed E-state index contributed by atoms with van der Waals surface area (Å²) in [6, 6.07) is 10.4. The quantitative estimate of drug-likeness (QED) is 0.792. The van der Waals surface area contributed by atoms with Gasteiger partial charge in [-0.2, -0.15) is 0 Å². The van der Waals surface area contributed by atoms with Gasteiger partial charge in [-0.25, -0.2) is 13.1 Å². The molecule has 2 N–H and O–H groups in total. The number of hydrogen-bond acceptors (Lipinski definition) is 4. The molecule has 0 aliphatic heterocycles. The molecule has 25 heavy (non-hydrogen) atoms. The van der Waals surface area contributed by atoms with E-state index in [9.17, 15) is 13.2 Å². The van der Waals surface area contributed by atoms with Crippen LogP contribution in [0.4, 0.5) is 0 Å². The fourth-order valence-corrected chi connectivity index (χ4v) is 3.75. The second-order valence-corrected chi connectivity index (χ2v) is 7.70. The molecule has 2 rings (SSSR count). The van der Waals surface area contributed by atoms with Crippen molar-refractivity contribution in [3.8, 4) is 0 Å². The molecule has 0 radical (unpaired) electrons. The monoisotopic (exact) mass is 361 g/mol. The van der Waals surface area contributed by atoms with Crippen molar-refractivity contribution in [3.63, 3.8) is 0 Å². The largest absolute Gasteiger partial charge is 0.348 e. The predicted octanol–water partition coefficient (Wildman–Crippen LogP) is 2.24. The van der Waals surface area contributed by atoms with Gasteiger partial charge in [0.2, 0.25) is 15.9 Å². The van der Waals surface area contributed by atoms with E-state index in [-0.39, 0.29) is 29.8 Å². The van der Waals surface area contributed by atoms with E-state index in [0.717, 1.165) is 11.3 Å². The van der Waals surface area contributed by atoms with Gasteiger partial charge in [-0.1, -0.05) is 23.8 Å². The molecule has 134 valence electrons. The standard InChI is InChI=1S/C18H23N3O3S/c1-13-7-8-17(14(2)12-13)25(23,24)20-11-9-18(22)21-15(3)16-6-4-5-10-19-16/h4-8,10,12,15,20H,9,11H2,1-3H3,(H,21,22). The first-order valence-corrected chi connectivity index (χ1v) is 9.55. The highest BCUT2D eigenvalue weighted by atomic mass is 32.2. The van der Waals surface area contributed by atoms with E-state index in [0.29, 0.717) is 5.56 Å². The number of amides is 1. The SMILES string of the molecule is Cc1ccc(S(=O)(=O)NCCC(=O)NC(C)c2ccccn2)c(C)c1. The normalized spacial score (nSPS) is 12.6. The number of nitrogens with zero attached hydrogens (tertiary/aromatic N) is 1. The van der Waals surface area contributed by atoms with E-state index in [1.165, 1.54) is 0 Å². The number of aromatic nitrogens is 1. The minimum Gasteiger partial charge on any atom is -0.348 e. The third-order valence-electron chi connectivity index (χ3n) is 3.77. The summed E-state index contributed by atoms with van der Waals surface area (Å²) in [4.78, 5) is 16.4. The van der Waals surface area contributed by atoms with Gasteiger partial charge < -0.3 is 5.32 Å². The summed E-state index contributed by atoms with van der Waals surface area (Å²) in [7, 11) is -3.63. The Balaban J connectivity index is 1.88. The van der Waals surface area contributed by atoms with Crippen LogP contribution in [0.5, 0.6) is 0 Å². The van der Waals surface area contributed by atoms with Crippen LogP contribution in [0.15, 0.2) is 47.5 Å². The zero-order valence-corrected chi connectivity index (χ0v) is 15.4. The van der Waals surface area contributed by atoms with Gasteiger partial charge in [0, 0.05) is 19.2 Å². The van der Waals surface area contributed by atoms with Crippen molar-refractivity contribution in [1.82, 2.24) is 15.0 Å². The molecular weight excluding hydrogens is 338 g/mol. The van der Waals surface area contributed by atoms with Gasteiger partial charge in [0.25, 0.3) is 0 Å². The zero-order chi connectivity index (χ0) is 18.4. The molecule has 1 amide bonds. The lowest BCUT2D eigenvalue weighted by atomic mass is 10.2. The molecule has 1 unspecified atom stereocenters. The smallest absolute Gasteiger partial charge is 0.240 e. The van der Waals surface area contributed by atoms with Gasteiger partial charge in [-0.05, 0) is 44.5 Å². The summed E-state index contributed by atoms with van der Waals surface area (Å²) < 4.78 is 27.1. The van der Waals surface area contributed by atoms with Gasteiger partial charge in [-0.3, -0.25) is 9.78 Å². The number of aryl methyl sites for hydroxylation is 2. The summed E-state index contributed by atoms with van der Waals surface area (Å²) in [5.41, 5.74) is 2.44. The Kier molecular flexibility index (Phi) is 6.27. The molecule has 0 saturated heterocycles. The Bertz CT molecular complexity index is 836. The molecule has 0 fully saturated rings. The van der Waals surface area contributed by atoms with Crippen LogP contribution in [0, 0.1) is 13.8 Å². The molecule has 6 nitrogen and oxygen atoms in total. The average Bonchev–Trinajstić information content (AvgIpc) is 2.55. The van der Waals surface area contributed by atoms with Crippen molar-refractivity contribution in [2.75, 3.05) is 6.54 Å². The molecule has 0 bridgehead atoms. The Hall–Kier alpha value is -2.25. The van der Waals surface area contributed by atoms with Crippen LogP contribution < -0.4 is 10.0 Å². The minimum atomic E-state index is -3.63. The maximum Gasteiger partial charge on any atom is 0.240 e. The molecule has 0 saturated carbocycles. The summed E-state index contributed by atoms with van der Waals surface area (Å²) in [6.45, 7) is 5.53. The fourth-order valence-electron chi connectivity index (χ4n) is 2.50. The number of rotatable bonds is 7. The van der Waals surface area contributed by atoms with E-state index in [2.05, 4.69) is 15.0 Å². The number of carbonyl (C=O) groups is 1. The van der Waals surface area contributed by atoms with Crippen molar-refractivity contribution < 1.29 is 13.2 Å². The van der Waals surface area contributed by atoms with Crippen LogP contribution in [0.3, 0.4) is 0 Å². The number of carbonyl (C=O) groups excluding carboxylic acids is 1. The lowest BCUT2D eigenvalue weighted by molar-refractivity contribution is -0.121. The highest BCUT2D eigenvalue weighted by molar-refractivity contribution is 7.89. The first-order chi connectivity index (χ1) is 11.8. The fraction of sp³-hybridized carbons (Fsp3) is 0.333. The Morgan fingerprint density at radius 3 is 2.60 bits per heavy atom. The van der Waals surface area contributed by atoms with Crippen molar-refractivity contribution in [3.05, 3.63) is 59.4 Å². The molecule has 0 aliphatic carbocycles. The molecule has 1 heterocycles. The van der Waals surface area contributed by atoms with E-state index >= 15 is 0 Å².